The van der Waals surface area contributed by atoms with E-state index in [4.69, 9.17) is 35.0 Å². The summed E-state index contributed by atoms with van der Waals surface area (Å²) in [7, 11) is 1.39. The molecule has 1 aliphatic rings. The maximum atomic E-state index is 13.1. The first kappa shape index (κ1) is 35.7. The van der Waals surface area contributed by atoms with E-state index in [0.29, 0.717) is 17.9 Å². The lowest BCUT2D eigenvalue weighted by Gasteiger charge is -2.47. The maximum Gasteiger partial charge on any atom is 0.364 e. The first-order valence-electron chi connectivity index (χ1n) is 15.6. The van der Waals surface area contributed by atoms with Crippen LogP contribution in [-0.2, 0) is 20.6 Å². The molecule has 1 fully saturated rings. The molecule has 4 aromatic rings. The zero-order chi connectivity index (χ0) is 35.8. The summed E-state index contributed by atoms with van der Waals surface area (Å²) < 4.78 is 28.6. The van der Waals surface area contributed by atoms with E-state index >= 15 is 0 Å². The number of halogens is 1. The number of nitrogens with one attached hydrogen (secondary N) is 2. The van der Waals surface area contributed by atoms with Crippen LogP contribution in [0.1, 0.15) is 66.2 Å². The van der Waals surface area contributed by atoms with Gasteiger partial charge in [-0.05, 0) is 87.6 Å². The number of aromatic amines is 1. The van der Waals surface area contributed by atoms with Crippen molar-refractivity contribution in [2.75, 3.05) is 12.4 Å². The fourth-order valence-electron chi connectivity index (χ4n) is 5.70. The number of aryl methyl sites for hydroxylation is 2. The van der Waals surface area contributed by atoms with E-state index in [9.17, 15) is 29.7 Å². The molecule has 2 aromatic heterocycles. The van der Waals surface area contributed by atoms with Gasteiger partial charge >= 0.3 is 11.6 Å². The Morgan fingerprint density at radius 3 is 2.51 bits per heavy atom. The summed E-state index contributed by atoms with van der Waals surface area (Å²) in [5.74, 6) is -1.69. The van der Waals surface area contributed by atoms with Crippen molar-refractivity contribution in [3.63, 3.8) is 0 Å². The highest BCUT2D eigenvalue weighted by molar-refractivity contribution is 6.36. The standard InChI is InChI=1S/C35H39ClN2O11/c1-16(2)7-9-18-15-19(10-13-22(18)39)31(42)38-25-26(40)20-11-14-23(24(36)28(20)47-33(25)44)46-34-27(41)29(30(45-6)35(4,5)49-34)48-32(43)21-12-8-17(3)37-21/h8,10-16,27,29-30,34,37,39-41H,7,9H2,1-6H3,(H,38,42). The number of phenolic OH excluding ortho intramolecular Hbond substituents is 1. The van der Waals surface area contributed by atoms with Crippen LogP contribution >= 0.6 is 11.6 Å². The zero-order valence-electron chi connectivity index (χ0n) is 27.8. The highest BCUT2D eigenvalue weighted by Gasteiger charge is 2.53. The molecule has 14 heteroatoms. The van der Waals surface area contributed by atoms with E-state index < -0.39 is 59.1 Å². The minimum absolute atomic E-state index is 0.0199. The number of phenols is 1. The maximum absolute atomic E-state index is 13.1. The molecule has 0 bridgehead atoms. The van der Waals surface area contributed by atoms with Crippen molar-refractivity contribution in [3.8, 4) is 17.2 Å². The number of aromatic hydroxyl groups is 2. The number of H-pyrrole nitrogens is 1. The van der Waals surface area contributed by atoms with Gasteiger partial charge in [0.2, 0.25) is 6.29 Å². The molecule has 1 aliphatic heterocycles. The number of hydrogen-bond donors (Lipinski definition) is 5. The summed E-state index contributed by atoms with van der Waals surface area (Å²) in [4.78, 5) is 41.9. The predicted octanol–water partition coefficient (Wildman–Crippen LogP) is 5.45. The van der Waals surface area contributed by atoms with E-state index in [1.807, 2.05) is 13.8 Å². The van der Waals surface area contributed by atoms with Crippen LogP contribution in [0.4, 0.5) is 5.69 Å². The topological polar surface area (TPSA) is 190 Å². The van der Waals surface area contributed by atoms with Gasteiger partial charge in [-0.25, -0.2) is 9.59 Å². The third-order valence-electron chi connectivity index (χ3n) is 8.33. The lowest BCUT2D eigenvalue weighted by molar-refractivity contribution is -0.305. The van der Waals surface area contributed by atoms with Crippen LogP contribution in [0.25, 0.3) is 11.0 Å². The van der Waals surface area contributed by atoms with E-state index in [1.54, 1.807) is 32.9 Å². The molecule has 0 aliphatic carbocycles. The zero-order valence-corrected chi connectivity index (χ0v) is 28.6. The number of ether oxygens (including phenoxy) is 4. The molecule has 2 aromatic carbocycles. The van der Waals surface area contributed by atoms with Gasteiger partial charge in [-0.3, -0.25) is 4.79 Å². The third-order valence-corrected chi connectivity index (χ3v) is 8.69. The average Bonchev–Trinajstić information content (AvgIpc) is 3.48. The number of carbonyl (C=O) groups is 2. The molecule has 1 saturated heterocycles. The Bertz CT molecular complexity index is 1930. The Morgan fingerprint density at radius 2 is 1.86 bits per heavy atom. The van der Waals surface area contributed by atoms with Crippen LogP contribution in [0, 0.1) is 12.8 Å². The molecule has 4 atom stereocenters. The van der Waals surface area contributed by atoms with Gasteiger partial charge in [0.1, 0.15) is 28.3 Å². The molecule has 0 radical (unpaired) electrons. The monoisotopic (exact) mass is 698 g/mol. The molecular weight excluding hydrogens is 660 g/mol. The molecule has 49 heavy (non-hydrogen) atoms. The molecule has 262 valence electrons. The van der Waals surface area contributed by atoms with Crippen LogP contribution in [0.3, 0.4) is 0 Å². The van der Waals surface area contributed by atoms with E-state index in [2.05, 4.69) is 10.3 Å². The number of esters is 1. The summed E-state index contributed by atoms with van der Waals surface area (Å²) in [6.45, 7) is 9.20. The van der Waals surface area contributed by atoms with Crippen molar-refractivity contribution in [1.82, 2.24) is 4.98 Å². The number of aliphatic hydroxyl groups is 1. The average molecular weight is 699 g/mol. The number of fused-ring (bicyclic) bond motifs is 1. The van der Waals surface area contributed by atoms with Gasteiger partial charge < -0.3 is 49.0 Å². The van der Waals surface area contributed by atoms with Crippen LogP contribution in [0.2, 0.25) is 5.02 Å². The number of rotatable bonds is 10. The molecule has 1 amide bonds. The van der Waals surface area contributed by atoms with Crippen LogP contribution in [-0.4, -0.2) is 69.5 Å². The number of anilines is 1. The van der Waals surface area contributed by atoms with E-state index in [-0.39, 0.29) is 38.7 Å². The summed E-state index contributed by atoms with van der Waals surface area (Å²) >= 11 is 6.59. The van der Waals surface area contributed by atoms with Crippen molar-refractivity contribution in [1.29, 1.82) is 0 Å². The number of methoxy groups -OCH3 is 1. The summed E-state index contributed by atoms with van der Waals surface area (Å²) in [6.07, 6.45) is -3.79. The molecule has 5 rings (SSSR count). The van der Waals surface area contributed by atoms with Crippen molar-refractivity contribution < 1.29 is 48.3 Å². The highest BCUT2D eigenvalue weighted by atomic mass is 35.5. The second kappa shape index (κ2) is 14.1. The Kier molecular flexibility index (Phi) is 10.3. The largest absolute Gasteiger partial charge is 0.508 e. The fourth-order valence-corrected chi connectivity index (χ4v) is 5.95. The lowest BCUT2D eigenvalue weighted by atomic mass is 9.89. The SMILES string of the molecule is COC1C(OC(=O)c2ccc(C)[nH]2)C(O)C(Oc2ccc3c(O)c(NC(=O)c4ccc(O)c(CCC(C)C)c4)c(=O)oc3c2Cl)OC1(C)C. The number of carbonyl (C=O) groups excluding carboxylic acids is 2. The van der Waals surface area contributed by atoms with Crippen LogP contribution < -0.4 is 15.7 Å². The first-order chi connectivity index (χ1) is 23.1. The highest BCUT2D eigenvalue weighted by Crippen LogP contribution is 2.41. The van der Waals surface area contributed by atoms with Gasteiger partial charge in [0.05, 0.1) is 11.0 Å². The summed E-state index contributed by atoms with van der Waals surface area (Å²) in [5, 5.41) is 34.7. The Hall–Kier alpha value is -4.56. The molecular formula is C35H39ClN2O11. The number of aliphatic hydroxyl groups excluding tert-OH is 1. The van der Waals surface area contributed by atoms with Gasteiger partial charge in [-0.2, -0.15) is 0 Å². The van der Waals surface area contributed by atoms with E-state index in [1.165, 1.54) is 37.4 Å². The Labute approximate surface area is 286 Å². The van der Waals surface area contributed by atoms with Crippen molar-refractivity contribution >= 4 is 40.1 Å². The number of hydrogen-bond acceptors (Lipinski definition) is 11. The number of aromatic nitrogens is 1. The molecule has 0 saturated carbocycles. The number of amides is 1. The van der Waals surface area contributed by atoms with Crippen molar-refractivity contribution in [2.24, 2.45) is 5.92 Å². The van der Waals surface area contributed by atoms with Gasteiger partial charge in [0, 0.05) is 18.4 Å². The van der Waals surface area contributed by atoms with Crippen molar-refractivity contribution in [3.05, 3.63) is 80.4 Å². The van der Waals surface area contributed by atoms with E-state index in [0.717, 1.165) is 12.1 Å². The second-order valence-corrected chi connectivity index (χ2v) is 13.3. The Balaban J connectivity index is 1.39. The summed E-state index contributed by atoms with van der Waals surface area (Å²) in [6, 6.07) is 10.3. The quantitative estimate of drug-likeness (QED) is 0.105. The van der Waals surface area contributed by atoms with Gasteiger partial charge in [0.25, 0.3) is 5.91 Å². The van der Waals surface area contributed by atoms with Gasteiger partial charge in [-0.1, -0.05) is 25.4 Å². The second-order valence-electron chi connectivity index (χ2n) is 12.9. The van der Waals surface area contributed by atoms with Gasteiger partial charge in [0.15, 0.2) is 29.2 Å². The van der Waals surface area contributed by atoms with Crippen molar-refractivity contribution in [2.45, 2.75) is 77.7 Å². The minimum Gasteiger partial charge on any atom is -0.508 e. The molecule has 5 N–H and O–H groups in total. The molecule has 3 heterocycles. The minimum atomic E-state index is -1.56. The van der Waals surface area contributed by atoms with Crippen LogP contribution in [0.5, 0.6) is 17.2 Å². The first-order valence-corrected chi connectivity index (χ1v) is 16.0. The molecule has 4 unspecified atom stereocenters. The lowest BCUT2D eigenvalue weighted by Crippen LogP contribution is -2.65. The number of benzene rings is 2. The van der Waals surface area contributed by atoms with Crippen LogP contribution in [0.15, 0.2) is 51.7 Å². The molecule has 13 nitrogen and oxygen atoms in total. The van der Waals surface area contributed by atoms with Gasteiger partial charge in [-0.15, -0.1) is 0 Å². The molecule has 0 spiro atoms. The fraction of sp³-hybridized carbons (Fsp3) is 0.400. The third kappa shape index (κ3) is 7.39. The smallest absolute Gasteiger partial charge is 0.364 e. The summed E-state index contributed by atoms with van der Waals surface area (Å²) in [5.41, 5.74) is -1.35. The normalized spacial score (nSPS) is 20.3. The predicted molar refractivity (Wildman–Crippen MR) is 179 cm³/mol. The Morgan fingerprint density at radius 1 is 1.12 bits per heavy atom.